The minimum Gasteiger partial charge on any atom is -0.399 e. The number of nitrogen functional groups attached to an aromatic ring is 1. The summed E-state index contributed by atoms with van der Waals surface area (Å²) in [5, 5.41) is 0. The fourth-order valence-electron chi connectivity index (χ4n) is 1.42. The first-order valence-electron chi connectivity index (χ1n) is 4.52. The second kappa shape index (κ2) is 3.55. The van der Waals surface area contributed by atoms with E-state index < -0.39 is 0 Å². The van der Waals surface area contributed by atoms with E-state index in [-0.39, 0.29) is 6.17 Å². The second-order valence-electron chi connectivity index (χ2n) is 3.22. The summed E-state index contributed by atoms with van der Waals surface area (Å²) in [4.78, 5) is 1.99. The van der Waals surface area contributed by atoms with Crippen molar-refractivity contribution < 1.29 is 0 Å². The Bertz CT molecular complexity index is 365. The molecule has 1 atom stereocenters. The smallest absolute Gasteiger partial charge is 0.101 e. The zero-order chi connectivity index (χ0) is 9.97. The molecular weight excluding hydrogens is 174 g/mol. The van der Waals surface area contributed by atoms with Crippen molar-refractivity contribution in [2.75, 3.05) is 10.6 Å². The van der Waals surface area contributed by atoms with Crippen molar-refractivity contribution in [1.29, 1.82) is 0 Å². The molecule has 4 N–H and O–H groups in total. The summed E-state index contributed by atoms with van der Waals surface area (Å²) in [6.45, 7) is 0. The van der Waals surface area contributed by atoms with Gasteiger partial charge in [0.25, 0.3) is 0 Å². The number of rotatable bonds is 1. The van der Waals surface area contributed by atoms with Crippen LogP contribution in [0.4, 0.5) is 11.4 Å². The molecule has 0 saturated carbocycles. The first kappa shape index (κ1) is 8.84. The van der Waals surface area contributed by atoms with Gasteiger partial charge in [-0.25, -0.2) is 0 Å². The molecule has 0 radical (unpaired) electrons. The van der Waals surface area contributed by atoms with Crippen LogP contribution in [-0.2, 0) is 0 Å². The lowest BCUT2D eigenvalue weighted by atomic mass is 10.2. The third-order valence-electron chi connectivity index (χ3n) is 2.18. The van der Waals surface area contributed by atoms with Crippen LogP contribution in [0, 0.1) is 0 Å². The summed E-state index contributed by atoms with van der Waals surface area (Å²) in [5.74, 6) is 0. The fraction of sp³-hybridized carbons (Fsp3) is 0.0909. The summed E-state index contributed by atoms with van der Waals surface area (Å²) in [5.41, 5.74) is 13.3. The number of allylic oxidation sites excluding steroid dienone is 2. The van der Waals surface area contributed by atoms with Crippen LogP contribution < -0.4 is 16.4 Å². The van der Waals surface area contributed by atoms with Gasteiger partial charge in [-0.15, -0.1) is 0 Å². The summed E-state index contributed by atoms with van der Waals surface area (Å²) in [7, 11) is 0. The minimum atomic E-state index is -0.0939. The molecule has 1 heterocycles. The van der Waals surface area contributed by atoms with Crippen LogP contribution in [0.25, 0.3) is 0 Å². The summed E-state index contributed by atoms with van der Waals surface area (Å²) < 4.78 is 0. The van der Waals surface area contributed by atoms with Crippen LogP contribution in [0.15, 0.2) is 48.7 Å². The zero-order valence-electron chi connectivity index (χ0n) is 7.80. The van der Waals surface area contributed by atoms with Gasteiger partial charge in [0.1, 0.15) is 6.17 Å². The molecule has 1 unspecified atom stereocenters. The molecule has 0 fully saturated rings. The van der Waals surface area contributed by atoms with Gasteiger partial charge >= 0.3 is 0 Å². The number of benzene rings is 1. The Morgan fingerprint density at radius 1 is 1.07 bits per heavy atom. The molecule has 0 aliphatic carbocycles. The van der Waals surface area contributed by atoms with Crippen molar-refractivity contribution in [2.45, 2.75) is 6.17 Å². The van der Waals surface area contributed by atoms with Gasteiger partial charge in [-0.1, -0.05) is 6.08 Å². The Labute approximate surface area is 83.3 Å². The van der Waals surface area contributed by atoms with Crippen molar-refractivity contribution >= 4 is 11.4 Å². The molecule has 3 nitrogen and oxygen atoms in total. The Morgan fingerprint density at radius 3 is 2.43 bits per heavy atom. The number of hydrogen-bond acceptors (Lipinski definition) is 3. The first-order chi connectivity index (χ1) is 6.77. The highest BCUT2D eigenvalue weighted by molar-refractivity contribution is 5.57. The molecule has 0 amide bonds. The maximum absolute atomic E-state index is 5.91. The predicted octanol–water partition coefficient (Wildman–Crippen LogP) is 1.44. The quantitative estimate of drug-likeness (QED) is 0.654. The van der Waals surface area contributed by atoms with Gasteiger partial charge in [0, 0.05) is 17.6 Å². The Balaban J connectivity index is 2.27. The largest absolute Gasteiger partial charge is 0.399 e. The van der Waals surface area contributed by atoms with Crippen LogP contribution in [0.1, 0.15) is 0 Å². The number of nitrogens with zero attached hydrogens (tertiary/aromatic N) is 1. The van der Waals surface area contributed by atoms with E-state index in [9.17, 15) is 0 Å². The van der Waals surface area contributed by atoms with Crippen LogP contribution in [0.2, 0.25) is 0 Å². The molecule has 1 aliphatic heterocycles. The lowest BCUT2D eigenvalue weighted by molar-refractivity contribution is 0.810. The fourth-order valence-corrected chi connectivity index (χ4v) is 1.42. The van der Waals surface area contributed by atoms with Gasteiger partial charge in [-0.05, 0) is 36.4 Å². The monoisotopic (exact) mass is 187 g/mol. The second-order valence-corrected chi connectivity index (χ2v) is 3.22. The summed E-state index contributed by atoms with van der Waals surface area (Å²) in [6, 6.07) is 7.65. The van der Waals surface area contributed by atoms with Crippen molar-refractivity contribution in [3.63, 3.8) is 0 Å². The Hall–Kier alpha value is -1.74. The average molecular weight is 187 g/mol. The van der Waals surface area contributed by atoms with Gasteiger partial charge in [-0.2, -0.15) is 0 Å². The van der Waals surface area contributed by atoms with E-state index in [1.165, 1.54) is 0 Å². The maximum Gasteiger partial charge on any atom is 0.101 e. The number of hydrogen-bond donors (Lipinski definition) is 2. The highest BCUT2D eigenvalue weighted by Crippen LogP contribution is 2.19. The van der Waals surface area contributed by atoms with Gasteiger partial charge in [0.05, 0.1) is 0 Å². The van der Waals surface area contributed by atoms with E-state index in [4.69, 9.17) is 11.5 Å². The molecule has 2 rings (SSSR count). The summed E-state index contributed by atoms with van der Waals surface area (Å²) in [6.07, 6.45) is 7.70. The summed E-state index contributed by atoms with van der Waals surface area (Å²) >= 11 is 0. The molecule has 0 aromatic heterocycles. The molecule has 0 saturated heterocycles. The molecule has 0 bridgehead atoms. The third-order valence-corrected chi connectivity index (χ3v) is 2.18. The first-order valence-corrected chi connectivity index (χ1v) is 4.52. The van der Waals surface area contributed by atoms with Crippen LogP contribution in [0.5, 0.6) is 0 Å². The molecule has 3 heteroatoms. The minimum absolute atomic E-state index is 0.0939. The predicted molar refractivity (Wildman–Crippen MR) is 59.6 cm³/mol. The standard InChI is InChI=1S/C11H13N3/c12-9-4-6-10(7-5-9)14-8-2-1-3-11(14)13/h1-8,11H,12-13H2. The number of anilines is 2. The molecular formula is C11H13N3. The normalized spacial score (nSPS) is 20.1. The molecule has 14 heavy (non-hydrogen) atoms. The molecule has 1 aromatic rings. The Kier molecular flexibility index (Phi) is 2.24. The Morgan fingerprint density at radius 2 is 1.79 bits per heavy atom. The van der Waals surface area contributed by atoms with E-state index in [0.717, 1.165) is 11.4 Å². The SMILES string of the molecule is Nc1ccc(N2C=CC=CC2N)cc1. The van der Waals surface area contributed by atoms with Gasteiger partial charge in [0.15, 0.2) is 0 Å². The number of nitrogens with two attached hydrogens (primary N) is 2. The molecule has 1 aromatic carbocycles. The third kappa shape index (κ3) is 1.63. The lowest BCUT2D eigenvalue weighted by Crippen LogP contribution is -2.37. The van der Waals surface area contributed by atoms with E-state index in [1.807, 2.05) is 53.6 Å². The lowest BCUT2D eigenvalue weighted by Gasteiger charge is -2.27. The van der Waals surface area contributed by atoms with Crippen molar-refractivity contribution in [2.24, 2.45) is 5.73 Å². The van der Waals surface area contributed by atoms with Gasteiger partial charge in [0.2, 0.25) is 0 Å². The van der Waals surface area contributed by atoms with E-state index in [1.54, 1.807) is 0 Å². The maximum atomic E-state index is 5.91. The van der Waals surface area contributed by atoms with Gasteiger partial charge in [-0.3, -0.25) is 0 Å². The average Bonchev–Trinajstić information content (AvgIpc) is 2.20. The van der Waals surface area contributed by atoms with Crippen molar-refractivity contribution in [3.05, 3.63) is 48.7 Å². The van der Waals surface area contributed by atoms with Gasteiger partial charge < -0.3 is 16.4 Å². The van der Waals surface area contributed by atoms with Crippen LogP contribution in [-0.4, -0.2) is 6.17 Å². The zero-order valence-corrected chi connectivity index (χ0v) is 7.80. The van der Waals surface area contributed by atoms with Crippen LogP contribution >= 0.6 is 0 Å². The highest BCUT2D eigenvalue weighted by atomic mass is 15.2. The molecule has 0 spiro atoms. The molecule has 1 aliphatic rings. The van der Waals surface area contributed by atoms with Crippen molar-refractivity contribution in [1.82, 2.24) is 0 Å². The molecule has 72 valence electrons. The topological polar surface area (TPSA) is 55.3 Å². The van der Waals surface area contributed by atoms with Crippen LogP contribution in [0.3, 0.4) is 0 Å². The van der Waals surface area contributed by atoms with E-state index >= 15 is 0 Å². The van der Waals surface area contributed by atoms with E-state index in [0.29, 0.717) is 0 Å². The van der Waals surface area contributed by atoms with Crippen molar-refractivity contribution in [3.8, 4) is 0 Å². The van der Waals surface area contributed by atoms with E-state index in [2.05, 4.69) is 0 Å². The highest BCUT2D eigenvalue weighted by Gasteiger charge is 2.10.